The Kier molecular flexibility index (Phi) is 7.50. The first kappa shape index (κ1) is 21.1. The van der Waals surface area contributed by atoms with E-state index in [0.29, 0.717) is 12.2 Å². The molecule has 0 saturated heterocycles. The number of carbonyl (C=O) groups excluding carboxylic acids is 1. The van der Waals surface area contributed by atoms with E-state index in [0.717, 1.165) is 18.4 Å². The lowest BCUT2D eigenvalue weighted by molar-refractivity contribution is -0.123. The molecule has 0 aliphatic carbocycles. The lowest BCUT2D eigenvalue weighted by Crippen LogP contribution is -2.29. The standard InChI is InChI=1S/C19H23ClN2O4S/c1-3-4-11-21-19(23)13-26-18-10-9-16(12-17(18)20)27(24,25)22-15-7-5-14(2)6-8-15/h5-10,12,22H,3-4,11,13H2,1-2H3,(H,21,23). The third-order valence-corrected chi connectivity index (χ3v) is 5.40. The van der Waals surface area contributed by atoms with Crippen LogP contribution in [0.5, 0.6) is 5.75 Å². The van der Waals surface area contributed by atoms with Crippen LogP contribution in [0.1, 0.15) is 25.3 Å². The van der Waals surface area contributed by atoms with Crippen molar-refractivity contribution >= 4 is 33.2 Å². The maximum Gasteiger partial charge on any atom is 0.261 e. The van der Waals surface area contributed by atoms with E-state index in [9.17, 15) is 13.2 Å². The Morgan fingerprint density at radius 1 is 1.15 bits per heavy atom. The molecule has 0 unspecified atom stereocenters. The third kappa shape index (κ3) is 6.45. The van der Waals surface area contributed by atoms with Crippen LogP contribution in [-0.2, 0) is 14.8 Å². The summed E-state index contributed by atoms with van der Waals surface area (Å²) < 4.78 is 32.8. The molecule has 2 N–H and O–H groups in total. The Labute approximate surface area is 164 Å². The number of rotatable bonds is 9. The molecule has 27 heavy (non-hydrogen) atoms. The first-order valence-corrected chi connectivity index (χ1v) is 10.5. The Morgan fingerprint density at radius 3 is 2.48 bits per heavy atom. The molecule has 0 fully saturated rings. The number of benzene rings is 2. The van der Waals surface area contributed by atoms with Crippen LogP contribution in [0.2, 0.25) is 5.02 Å². The lowest BCUT2D eigenvalue weighted by Gasteiger charge is -2.11. The molecule has 146 valence electrons. The van der Waals surface area contributed by atoms with Crippen molar-refractivity contribution in [1.29, 1.82) is 0 Å². The summed E-state index contributed by atoms with van der Waals surface area (Å²) in [5.74, 6) is -0.00570. The van der Waals surface area contributed by atoms with E-state index in [1.54, 1.807) is 12.1 Å². The van der Waals surface area contributed by atoms with Gasteiger partial charge in [0.2, 0.25) is 0 Å². The van der Waals surface area contributed by atoms with E-state index in [1.165, 1.54) is 18.2 Å². The van der Waals surface area contributed by atoms with E-state index in [2.05, 4.69) is 10.0 Å². The van der Waals surface area contributed by atoms with E-state index < -0.39 is 10.0 Å². The maximum atomic E-state index is 12.5. The van der Waals surface area contributed by atoms with E-state index >= 15 is 0 Å². The van der Waals surface area contributed by atoms with Crippen LogP contribution in [0.25, 0.3) is 0 Å². The van der Waals surface area contributed by atoms with Gasteiger partial charge in [0, 0.05) is 12.2 Å². The third-order valence-electron chi connectivity index (χ3n) is 3.73. The minimum absolute atomic E-state index is 0.00724. The van der Waals surface area contributed by atoms with E-state index in [1.807, 2.05) is 26.0 Å². The van der Waals surface area contributed by atoms with Gasteiger partial charge in [0.15, 0.2) is 6.61 Å². The summed E-state index contributed by atoms with van der Waals surface area (Å²) in [5, 5.41) is 2.84. The van der Waals surface area contributed by atoms with Crippen molar-refractivity contribution in [2.75, 3.05) is 17.9 Å². The van der Waals surface area contributed by atoms with Crippen molar-refractivity contribution in [3.63, 3.8) is 0 Å². The summed E-state index contributed by atoms with van der Waals surface area (Å²) in [5.41, 5.74) is 1.49. The van der Waals surface area contributed by atoms with Crippen LogP contribution in [0.3, 0.4) is 0 Å². The van der Waals surface area contributed by atoms with Gasteiger partial charge in [-0.3, -0.25) is 9.52 Å². The van der Waals surface area contributed by atoms with Crippen molar-refractivity contribution in [1.82, 2.24) is 5.32 Å². The molecular weight excluding hydrogens is 388 g/mol. The van der Waals surface area contributed by atoms with Gasteiger partial charge < -0.3 is 10.1 Å². The number of carbonyl (C=O) groups is 1. The number of hydrogen-bond acceptors (Lipinski definition) is 4. The molecule has 0 bridgehead atoms. The van der Waals surface area contributed by atoms with Crippen LogP contribution < -0.4 is 14.8 Å². The van der Waals surface area contributed by atoms with Gasteiger partial charge in [0.1, 0.15) is 5.75 Å². The van der Waals surface area contributed by atoms with Crippen LogP contribution in [0.4, 0.5) is 5.69 Å². The highest BCUT2D eigenvalue weighted by molar-refractivity contribution is 7.92. The minimum atomic E-state index is -3.78. The van der Waals surface area contributed by atoms with Gasteiger partial charge in [-0.1, -0.05) is 42.6 Å². The van der Waals surface area contributed by atoms with Gasteiger partial charge >= 0.3 is 0 Å². The smallest absolute Gasteiger partial charge is 0.261 e. The average molecular weight is 411 g/mol. The summed E-state index contributed by atoms with van der Waals surface area (Å²) in [6, 6.07) is 11.1. The molecule has 1 amide bonds. The molecule has 2 rings (SSSR count). The highest BCUT2D eigenvalue weighted by atomic mass is 35.5. The van der Waals surface area contributed by atoms with Gasteiger partial charge in [-0.15, -0.1) is 0 Å². The second-order valence-corrected chi connectivity index (χ2v) is 8.15. The highest BCUT2D eigenvalue weighted by Crippen LogP contribution is 2.28. The molecule has 0 aliphatic rings. The van der Waals surface area contributed by atoms with Gasteiger partial charge in [-0.05, 0) is 43.7 Å². The lowest BCUT2D eigenvalue weighted by atomic mass is 10.2. The SMILES string of the molecule is CCCCNC(=O)COc1ccc(S(=O)(=O)Nc2ccc(C)cc2)cc1Cl. The molecule has 0 spiro atoms. The van der Waals surface area contributed by atoms with Gasteiger partial charge in [-0.2, -0.15) is 0 Å². The minimum Gasteiger partial charge on any atom is -0.482 e. The van der Waals surface area contributed by atoms with Gasteiger partial charge in [0.25, 0.3) is 15.9 Å². The molecule has 8 heteroatoms. The van der Waals surface area contributed by atoms with Crippen molar-refractivity contribution in [2.45, 2.75) is 31.6 Å². The van der Waals surface area contributed by atoms with Crippen LogP contribution >= 0.6 is 11.6 Å². The summed E-state index contributed by atoms with van der Waals surface area (Å²) in [6.45, 7) is 4.36. The zero-order valence-electron chi connectivity index (χ0n) is 15.3. The molecule has 0 atom stereocenters. The Hall–Kier alpha value is -2.25. The normalized spacial score (nSPS) is 11.1. The molecule has 2 aromatic rings. The zero-order chi connectivity index (χ0) is 19.9. The fourth-order valence-corrected chi connectivity index (χ4v) is 3.58. The quantitative estimate of drug-likeness (QED) is 0.616. The number of halogens is 1. The fourth-order valence-electron chi connectivity index (χ4n) is 2.20. The average Bonchev–Trinajstić information content (AvgIpc) is 2.62. The largest absolute Gasteiger partial charge is 0.482 e. The number of amides is 1. The number of sulfonamides is 1. The van der Waals surface area contributed by atoms with Crippen LogP contribution in [0, 0.1) is 6.92 Å². The fraction of sp³-hybridized carbons (Fsp3) is 0.316. The Morgan fingerprint density at radius 2 is 1.85 bits per heavy atom. The highest BCUT2D eigenvalue weighted by Gasteiger charge is 2.17. The molecule has 0 saturated carbocycles. The molecule has 6 nitrogen and oxygen atoms in total. The van der Waals surface area contributed by atoms with Crippen molar-refractivity contribution < 1.29 is 17.9 Å². The number of hydrogen-bond donors (Lipinski definition) is 2. The summed E-state index contributed by atoms with van der Waals surface area (Å²) >= 11 is 6.12. The van der Waals surface area contributed by atoms with E-state index in [4.69, 9.17) is 16.3 Å². The summed E-state index contributed by atoms with van der Waals surface area (Å²) in [4.78, 5) is 11.7. The van der Waals surface area contributed by atoms with Gasteiger partial charge in [0.05, 0.1) is 9.92 Å². The van der Waals surface area contributed by atoms with Crippen LogP contribution in [0.15, 0.2) is 47.4 Å². The molecule has 2 aromatic carbocycles. The van der Waals surface area contributed by atoms with E-state index in [-0.39, 0.29) is 28.2 Å². The van der Waals surface area contributed by atoms with Crippen LogP contribution in [-0.4, -0.2) is 27.5 Å². The maximum absolute atomic E-state index is 12.5. The predicted molar refractivity (Wildman–Crippen MR) is 107 cm³/mol. The Balaban J connectivity index is 2.02. The van der Waals surface area contributed by atoms with Crippen molar-refractivity contribution in [3.8, 4) is 5.75 Å². The number of anilines is 1. The number of nitrogens with one attached hydrogen (secondary N) is 2. The van der Waals surface area contributed by atoms with Crippen molar-refractivity contribution in [2.24, 2.45) is 0 Å². The molecule has 0 aliphatic heterocycles. The van der Waals surface area contributed by atoms with Crippen molar-refractivity contribution in [3.05, 3.63) is 53.1 Å². The zero-order valence-corrected chi connectivity index (χ0v) is 16.9. The molecule has 0 heterocycles. The topological polar surface area (TPSA) is 84.5 Å². The molecule has 0 aromatic heterocycles. The monoisotopic (exact) mass is 410 g/mol. The predicted octanol–water partition coefficient (Wildman–Crippen LogP) is 3.74. The molecular formula is C19H23ClN2O4S. The first-order valence-electron chi connectivity index (χ1n) is 8.60. The Bertz CT molecular complexity index is 883. The molecule has 0 radical (unpaired) electrons. The second kappa shape index (κ2) is 9.62. The first-order chi connectivity index (χ1) is 12.8. The number of ether oxygens (including phenoxy) is 1. The second-order valence-electron chi connectivity index (χ2n) is 6.06. The number of unbranched alkanes of at least 4 members (excludes halogenated alkanes) is 1. The summed E-state index contributed by atoms with van der Waals surface area (Å²) in [6.07, 6.45) is 1.88. The number of aryl methyl sites for hydroxylation is 1. The summed E-state index contributed by atoms with van der Waals surface area (Å²) in [7, 11) is -3.78. The van der Waals surface area contributed by atoms with Gasteiger partial charge in [-0.25, -0.2) is 8.42 Å².